The van der Waals surface area contributed by atoms with Gasteiger partial charge in [0.05, 0.1) is 0 Å². The van der Waals surface area contributed by atoms with Crippen LogP contribution >= 0.6 is 0 Å². The predicted molar refractivity (Wildman–Crippen MR) is 124 cm³/mol. The molecule has 0 N–H and O–H groups in total. The SMILES string of the molecule is O=C(c1ccc(Oc2ccc3c(c2)CC3)cc1)c1ccc(Oc2ccc3c(c2)CC3)cc1. The standard InChI is InChI=1S/C29H22O3/c30-29(21-7-11-25(12-8-21)31-27-15-5-19-1-3-23(19)17-27)22-9-13-26(14-10-22)32-28-16-6-20-2-4-24(20)18-28/h5-18H,1-4H2. The van der Waals surface area contributed by atoms with E-state index in [-0.39, 0.29) is 5.78 Å². The van der Waals surface area contributed by atoms with Crippen molar-refractivity contribution in [2.24, 2.45) is 0 Å². The van der Waals surface area contributed by atoms with Crippen LogP contribution in [0.3, 0.4) is 0 Å². The monoisotopic (exact) mass is 418 g/mol. The first-order valence-corrected chi connectivity index (χ1v) is 11.1. The molecule has 0 bridgehead atoms. The van der Waals surface area contributed by atoms with Crippen molar-refractivity contribution in [2.45, 2.75) is 25.7 Å². The van der Waals surface area contributed by atoms with Gasteiger partial charge >= 0.3 is 0 Å². The van der Waals surface area contributed by atoms with Gasteiger partial charge in [-0.25, -0.2) is 0 Å². The van der Waals surface area contributed by atoms with Crippen molar-refractivity contribution in [1.29, 1.82) is 0 Å². The molecule has 0 saturated heterocycles. The van der Waals surface area contributed by atoms with E-state index in [1.54, 1.807) is 0 Å². The zero-order chi connectivity index (χ0) is 21.5. The Morgan fingerprint density at radius 2 is 0.844 bits per heavy atom. The number of rotatable bonds is 6. The third-order valence-corrected chi connectivity index (χ3v) is 6.39. The molecule has 0 saturated carbocycles. The van der Waals surface area contributed by atoms with Gasteiger partial charge < -0.3 is 9.47 Å². The number of ether oxygens (including phenoxy) is 2. The summed E-state index contributed by atoms with van der Waals surface area (Å²) in [6, 6.07) is 27.1. The molecule has 2 aliphatic rings. The Labute approximate surface area is 187 Å². The normalized spacial score (nSPS) is 13.2. The molecule has 156 valence electrons. The van der Waals surface area contributed by atoms with E-state index in [2.05, 4.69) is 24.3 Å². The van der Waals surface area contributed by atoms with Crippen LogP contribution in [0, 0.1) is 0 Å². The second-order valence-electron chi connectivity index (χ2n) is 8.44. The lowest BCUT2D eigenvalue weighted by Gasteiger charge is -2.19. The molecule has 0 aromatic heterocycles. The third kappa shape index (κ3) is 3.56. The lowest BCUT2D eigenvalue weighted by Crippen LogP contribution is -2.07. The van der Waals surface area contributed by atoms with Crippen LogP contribution in [0.4, 0.5) is 0 Å². The van der Waals surface area contributed by atoms with E-state index >= 15 is 0 Å². The molecule has 3 heteroatoms. The number of carbonyl (C=O) groups excluding carboxylic acids is 1. The molecule has 3 nitrogen and oxygen atoms in total. The predicted octanol–water partition coefficient (Wildman–Crippen LogP) is 6.70. The molecule has 0 aliphatic heterocycles. The van der Waals surface area contributed by atoms with Crippen molar-refractivity contribution in [3.63, 3.8) is 0 Å². The minimum Gasteiger partial charge on any atom is -0.457 e. The minimum absolute atomic E-state index is 0.0230. The summed E-state index contributed by atoms with van der Waals surface area (Å²) in [4.78, 5) is 12.9. The Balaban J connectivity index is 1.12. The maximum atomic E-state index is 12.9. The van der Waals surface area contributed by atoms with Crippen molar-refractivity contribution in [3.05, 3.63) is 118 Å². The highest BCUT2D eigenvalue weighted by molar-refractivity contribution is 6.09. The van der Waals surface area contributed by atoms with Gasteiger partial charge in [0.15, 0.2) is 5.78 Å². The second kappa shape index (κ2) is 7.69. The largest absolute Gasteiger partial charge is 0.457 e. The molecule has 0 fully saturated rings. The first kappa shape index (κ1) is 18.9. The van der Waals surface area contributed by atoms with Gasteiger partial charge in [0, 0.05) is 11.1 Å². The fraction of sp³-hybridized carbons (Fsp3) is 0.138. The first-order chi connectivity index (χ1) is 15.7. The summed E-state index contributed by atoms with van der Waals surface area (Å²) in [7, 11) is 0. The fourth-order valence-electron chi connectivity index (χ4n) is 4.26. The molecule has 0 spiro atoms. The van der Waals surface area contributed by atoms with E-state index in [1.807, 2.05) is 60.7 Å². The molecular formula is C29H22O3. The van der Waals surface area contributed by atoms with Gasteiger partial charge in [0.25, 0.3) is 0 Å². The first-order valence-electron chi connectivity index (χ1n) is 11.1. The van der Waals surface area contributed by atoms with Gasteiger partial charge in [-0.3, -0.25) is 4.79 Å². The quantitative estimate of drug-likeness (QED) is 0.327. The minimum atomic E-state index is -0.0230. The van der Waals surface area contributed by atoms with Crippen LogP contribution in [0.25, 0.3) is 0 Å². The van der Waals surface area contributed by atoms with Crippen LogP contribution < -0.4 is 9.47 Å². The number of ketones is 1. The van der Waals surface area contributed by atoms with Crippen LogP contribution in [0.2, 0.25) is 0 Å². The molecule has 0 amide bonds. The zero-order valence-electron chi connectivity index (χ0n) is 17.6. The molecule has 0 heterocycles. The van der Waals surface area contributed by atoms with Gasteiger partial charge in [0.1, 0.15) is 23.0 Å². The summed E-state index contributed by atoms with van der Waals surface area (Å²) in [6.07, 6.45) is 4.56. The summed E-state index contributed by atoms with van der Waals surface area (Å²) in [5, 5.41) is 0. The van der Waals surface area contributed by atoms with Crippen molar-refractivity contribution < 1.29 is 14.3 Å². The summed E-state index contributed by atoms with van der Waals surface area (Å²) in [6.45, 7) is 0. The van der Waals surface area contributed by atoms with Crippen LogP contribution in [-0.2, 0) is 25.7 Å². The molecule has 4 aromatic rings. The van der Waals surface area contributed by atoms with Gasteiger partial charge in [-0.05, 0) is 121 Å². The number of benzene rings is 4. The van der Waals surface area contributed by atoms with E-state index in [4.69, 9.17) is 9.47 Å². The second-order valence-corrected chi connectivity index (χ2v) is 8.44. The Morgan fingerprint density at radius 3 is 1.19 bits per heavy atom. The van der Waals surface area contributed by atoms with Gasteiger partial charge in [-0.1, -0.05) is 12.1 Å². The van der Waals surface area contributed by atoms with Crippen molar-refractivity contribution >= 4 is 5.78 Å². The number of hydrogen-bond donors (Lipinski definition) is 0. The van der Waals surface area contributed by atoms with Gasteiger partial charge in [-0.15, -0.1) is 0 Å². The molecular weight excluding hydrogens is 396 g/mol. The molecule has 32 heavy (non-hydrogen) atoms. The van der Waals surface area contributed by atoms with Crippen molar-refractivity contribution in [2.75, 3.05) is 0 Å². The number of carbonyl (C=O) groups is 1. The Morgan fingerprint density at radius 1 is 0.469 bits per heavy atom. The Hall–Kier alpha value is -3.85. The van der Waals surface area contributed by atoms with Crippen LogP contribution in [0.15, 0.2) is 84.9 Å². The highest BCUT2D eigenvalue weighted by atomic mass is 16.5. The van der Waals surface area contributed by atoms with E-state index in [9.17, 15) is 4.79 Å². The van der Waals surface area contributed by atoms with Crippen LogP contribution in [0.5, 0.6) is 23.0 Å². The van der Waals surface area contributed by atoms with Crippen LogP contribution in [-0.4, -0.2) is 5.78 Å². The number of hydrogen-bond acceptors (Lipinski definition) is 3. The Bertz CT molecular complexity index is 1210. The van der Waals surface area contributed by atoms with E-state index in [0.717, 1.165) is 48.7 Å². The molecule has 0 atom stereocenters. The number of fused-ring (bicyclic) bond motifs is 2. The summed E-state index contributed by atoms with van der Waals surface area (Å²) in [5.74, 6) is 3.10. The number of aryl methyl sites for hydroxylation is 4. The Kier molecular flexibility index (Phi) is 4.53. The van der Waals surface area contributed by atoms with Crippen molar-refractivity contribution in [3.8, 4) is 23.0 Å². The average Bonchev–Trinajstić information content (AvgIpc) is 2.78. The van der Waals surface area contributed by atoms with Gasteiger partial charge in [0.2, 0.25) is 0 Å². The average molecular weight is 418 g/mol. The maximum absolute atomic E-state index is 12.9. The smallest absolute Gasteiger partial charge is 0.193 e. The van der Waals surface area contributed by atoms with E-state index in [0.29, 0.717) is 11.1 Å². The molecule has 0 radical (unpaired) electrons. The summed E-state index contributed by atoms with van der Waals surface area (Å²) < 4.78 is 11.9. The zero-order valence-corrected chi connectivity index (χ0v) is 17.6. The summed E-state index contributed by atoms with van der Waals surface area (Å²) >= 11 is 0. The van der Waals surface area contributed by atoms with Crippen LogP contribution in [0.1, 0.15) is 38.2 Å². The highest BCUT2D eigenvalue weighted by Gasteiger charge is 2.15. The third-order valence-electron chi connectivity index (χ3n) is 6.39. The van der Waals surface area contributed by atoms with Gasteiger partial charge in [-0.2, -0.15) is 0 Å². The fourth-order valence-corrected chi connectivity index (χ4v) is 4.26. The lowest BCUT2D eigenvalue weighted by atomic mass is 9.89. The highest BCUT2D eigenvalue weighted by Crippen LogP contribution is 2.31. The topological polar surface area (TPSA) is 35.5 Å². The molecule has 2 aliphatic carbocycles. The molecule has 0 unspecified atom stereocenters. The maximum Gasteiger partial charge on any atom is 0.193 e. The molecule has 4 aromatic carbocycles. The lowest BCUT2D eigenvalue weighted by molar-refractivity contribution is 0.103. The van der Waals surface area contributed by atoms with Crippen molar-refractivity contribution in [1.82, 2.24) is 0 Å². The van der Waals surface area contributed by atoms with E-state index < -0.39 is 0 Å². The summed E-state index contributed by atoms with van der Waals surface area (Å²) in [5.41, 5.74) is 6.80. The van der Waals surface area contributed by atoms with E-state index in [1.165, 1.54) is 22.3 Å². The molecule has 6 rings (SSSR count).